The van der Waals surface area contributed by atoms with Crippen molar-refractivity contribution >= 4 is 40.0 Å². The zero-order chi connectivity index (χ0) is 20.4. The number of nitrogens with zero attached hydrogens (tertiary/aromatic N) is 2. The average Bonchev–Trinajstić information content (AvgIpc) is 3.29. The Balaban J connectivity index is 1.43. The summed E-state index contributed by atoms with van der Waals surface area (Å²) in [4.78, 5) is 16.3. The van der Waals surface area contributed by atoms with Crippen LogP contribution < -0.4 is 4.74 Å². The Morgan fingerprint density at radius 2 is 1.97 bits per heavy atom. The minimum Gasteiger partial charge on any atom is -0.482 e. The monoisotopic (exact) mass is 427 g/mol. The molecule has 8 heteroatoms. The van der Waals surface area contributed by atoms with Gasteiger partial charge in [0.05, 0.1) is 10.3 Å². The predicted molar refractivity (Wildman–Crippen MR) is 113 cm³/mol. The Morgan fingerprint density at radius 1 is 1.21 bits per heavy atom. The van der Waals surface area contributed by atoms with Crippen molar-refractivity contribution in [1.82, 2.24) is 15.2 Å². The van der Waals surface area contributed by atoms with Crippen LogP contribution in [0.3, 0.4) is 0 Å². The number of nitrogens with one attached hydrogen (secondary N) is 1. The molecular weight excluding hydrogens is 410 g/mol. The maximum atomic E-state index is 13.0. The number of H-pyrrole nitrogens is 1. The second-order valence-corrected chi connectivity index (χ2v) is 8.17. The molecule has 2 aromatic heterocycles. The molecule has 29 heavy (non-hydrogen) atoms. The Kier molecular flexibility index (Phi) is 5.60. The molecule has 0 fully saturated rings. The summed E-state index contributed by atoms with van der Waals surface area (Å²) in [6.45, 7) is 3.83. The molecule has 2 heterocycles. The SMILES string of the molecule is Cc1[nH]c2ccccc2c1C(=O)[C@H](C)Sc1nnc(COc2ccccc2Cl)o1. The Labute approximate surface area is 176 Å². The summed E-state index contributed by atoms with van der Waals surface area (Å²) in [6.07, 6.45) is 0. The van der Waals surface area contributed by atoms with Gasteiger partial charge in [0.15, 0.2) is 12.4 Å². The number of thioether (sulfide) groups is 1. The molecule has 2 aromatic carbocycles. The number of carbonyl (C=O) groups is 1. The van der Waals surface area contributed by atoms with Crippen molar-refractivity contribution in [3.63, 3.8) is 0 Å². The fourth-order valence-corrected chi connectivity index (χ4v) is 4.00. The number of Topliss-reactive ketones (excluding diaryl/α,β-unsaturated/α-hetero) is 1. The molecule has 4 aromatic rings. The summed E-state index contributed by atoms with van der Waals surface area (Å²) in [5.41, 5.74) is 2.49. The molecule has 0 amide bonds. The number of hydrogen-bond acceptors (Lipinski definition) is 6. The van der Waals surface area contributed by atoms with Gasteiger partial charge in [0, 0.05) is 22.2 Å². The van der Waals surface area contributed by atoms with E-state index in [9.17, 15) is 4.79 Å². The van der Waals surface area contributed by atoms with Crippen molar-refractivity contribution in [3.8, 4) is 5.75 Å². The first-order chi connectivity index (χ1) is 14.0. The van der Waals surface area contributed by atoms with Crippen molar-refractivity contribution in [2.45, 2.75) is 30.9 Å². The highest BCUT2D eigenvalue weighted by molar-refractivity contribution is 8.00. The first kappa shape index (κ1) is 19.5. The zero-order valence-electron chi connectivity index (χ0n) is 15.8. The Morgan fingerprint density at radius 3 is 2.79 bits per heavy atom. The number of halogens is 1. The molecular formula is C21H18ClN3O3S. The molecule has 6 nitrogen and oxygen atoms in total. The second-order valence-electron chi connectivity index (χ2n) is 6.48. The summed E-state index contributed by atoms with van der Waals surface area (Å²) < 4.78 is 11.2. The van der Waals surface area contributed by atoms with Gasteiger partial charge in [-0.2, -0.15) is 0 Å². The van der Waals surface area contributed by atoms with Crippen molar-refractivity contribution in [2.75, 3.05) is 0 Å². The van der Waals surface area contributed by atoms with Gasteiger partial charge >= 0.3 is 0 Å². The third-order valence-electron chi connectivity index (χ3n) is 4.42. The van der Waals surface area contributed by atoms with E-state index in [4.69, 9.17) is 20.8 Å². The summed E-state index contributed by atoms with van der Waals surface area (Å²) >= 11 is 7.29. The van der Waals surface area contributed by atoms with Crippen molar-refractivity contribution in [2.24, 2.45) is 0 Å². The molecule has 1 N–H and O–H groups in total. The maximum absolute atomic E-state index is 13.0. The Bertz CT molecular complexity index is 1170. The van der Waals surface area contributed by atoms with E-state index >= 15 is 0 Å². The summed E-state index contributed by atoms with van der Waals surface area (Å²) in [6, 6.07) is 14.9. The number of fused-ring (bicyclic) bond motifs is 1. The molecule has 0 unspecified atom stereocenters. The smallest absolute Gasteiger partial charge is 0.277 e. The molecule has 0 aliphatic heterocycles. The topological polar surface area (TPSA) is 81.0 Å². The highest BCUT2D eigenvalue weighted by atomic mass is 35.5. The molecule has 148 valence electrons. The zero-order valence-corrected chi connectivity index (χ0v) is 17.4. The van der Waals surface area contributed by atoms with E-state index in [1.54, 1.807) is 12.1 Å². The molecule has 1 atom stereocenters. The van der Waals surface area contributed by atoms with Crippen LogP contribution in [0.15, 0.2) is 58.2 Å². The number of aromatic nitrogens is 3. The van der Waals surface area contributed by atoms with Gasteiger partial charge < -0.3 is 14.1 Å². The maximum Gasteiger partial charge on any atom is 0.277 e. The van der Waals surface area contributed by atoms with Gasteiger partial charge in [-0.1, -0.05) is 53.7 Å². The third-order valence-corrected chi connectivity index (χ3v) is 5.67. The molecule has 0 spiro atoms. The summed E-state index contributed by atoms with van der Waals surface area (Å²) in [7, 11) is 0. The van der Waals surface area contributed by atoms with E-state index in [1.807, 2.05) is 50.2 Å². The quantitative estimate of drug-likeness (QED) is 0.312. The fraction of sp³-hybridized carbons (Fsp3) is 0.190. The number of ether oxygens (including phenoxy) is 1. The van der Waals surface area contributed by atoms with E-state index in [1.165, 1.54) is 11.8 Å². The summed E-state index contributed by atoms with van der Waals surface area (Å²) in [5.74, 6) is 0.868. The van der Waals surface area contributed by atoms with Crippen LogP contribution >= 0.6 is 23.4 Å². The average molecular weight is 428 g/mol. The van der Waals surface area contributed by atoms with Crippen LogP contribution in [0.5, 0.6) is 5.75 Å². The van der Waals surface area contributed by atoms with Crippen molar-refractivity contribution < 1.29 is 13.9 Å². The molecule has 0 bridgehead atoms. The van der Waals surface area contributed by atoms with E-state index in [0.717, 1.165) is 16.6 Å². The highest BCUT2D eigenvalue weighted by Crippen LogP contribution is 2.30. The minimum absolute atomic E-state index is 0.0111. The number of para-hydroxylation sites is 2. The number of aryl methyl sites for hydroxylation is 1. The first-order valence-corrected chi connectivity index (χ1v) is 10.3. The molecule has 0 aliphatic carbocycles. The number of benzene rings is 2. The number of ketones is 1. The van der Waals surface area contributed by atoms with Crippen LogP contribution in [0, 0.1) is 6.92 Å². The lowest BCUT2D eigenvalue weighted by molar-refractivity contribution is 0.0994. The Hall–Kier alpha value is -2.77. The number of rotatable bonds is 7. The highest BCUT2D eigenvalue weighted by Gasteiger charge is 2.24. The lowest BCUT2D eigenvalue weighted by Gasteiger charge is -2.08. The normalized spacial score (nSPS) is 12.2. The van der Waals surface area contributed by atoms with Crippen molar-refractivity contribution in [3.05, 3.63) is 70.7 Å². The molecule has 0 aliphatic rings. The van der Waals surface area contributed by atoms with Gasteiger partial charge in [0.2, 0.25) is 0 Å². The largest absolute Gasteiger partial charge is 0.482 e. The molecule has 0 saturated carbocycles. The van der Waals surface area contributed by atoms with Crippen LogP contribution in [0.4, 0.5) is 0 Å². The van der Waals surface area contributed by atoms with E-state index < -0.39 is 0 Å². The second kappa shape index (κ2) is 8.31. The predicted octanol–water partition coefficient (Wildman–Crippen LogP) is 5.46. The van der Waals surface area contributed by atoms with E-state index in [2.05, 4.69) is 15.2 Å². The molecule has 4 rings (SSSR count). The standard InChI is InChI=1S/C21H18ClN3O3S/c1-12-19(14-7-3-5-9-16(14)23-12)20(26)13(2)29-21-25-24-18(28-21)11-27-17-10-6-4-8-15(17)22/h3-10,13,23H,11H2,1-2H3/t13-/m0/s1. The van der Waals surface area contributed by atoms with E-state index in [-0.39, 0.29) is 17.6 Å². The van der Waals surface area contributed by atoms with Gasteiger partial charge in [-0.15, -0.1) is 10.2 Å². The lowest BCUT2D eigenvalue weighted by Crippen LogP contribution is -2.14. The third kappa shape index (κ3) is 4.16. The van der Waals surface area contributed by atoms with Crippen LogP contribution in [0.1, 0.15) is 28.9 Å². The van der Waals surface area contributed by atoms with Crippen molar-refractivity contribution in [1.29, 1.82) is 0 Å². The van der Waals surface area contributed by atoms with Crippen LogP contribution in [-0.4, -0.2) is 26.2 Å². The molecule has 0 saturated heterocycles. The van der Waals surface area contributed by atoms with Gasteiger partial charge in [0.25, 0.3) is 11.1 Å². The van der Waals surface area contributed by atoms with E-state index in [0.29, 0.717) is 27.4 Å². The molecule has 0 radical (unpaired) electrons. The summed E-state index contributed by atoms with van der Waals surface area (Å²) in [5, 5.41) is 9.36. The van der Waals surface area contributed by atoms with Gasteiger partial charge in [-0.3, -0.25) is 4.79 Å². The number of aromatic amines is 1. The van der Waals surface area contributed by atoms with Gasteiger partial charge in [-0.25, -0.2) is 0 Å². The first-order valence-electron chi connectivity index (χ1n) is 9.01. The van der Waals surface area contributed by atoms with Gasteiger partial charge in [0.1, 0.15) is 5.75 Å². The number of hydrogen-bond donors (Lipinski definition) is 1. The van der Waals surface area contributed by atoms with Crippen LogP contribution in [0.2, 0.25) is 5.02 Å². The minimum atomic E-state index is -0.384. The lowest BCUT2D eigenvalue weighted by atomic mass is 10.1. The van der Waals surface area contributed by atoms with Crippen LogP contribution in [-0.2, 0) is 6.61 Å². The van der Waals surface area contributed by atoms with Gasteiger partial charge in [-0.05, 0) is 32.0 Å². The fourth-order valence-electron chi connectivity index (χ4n) is 3.05. The van der Waals surface area contributed by atoms with Crippen LogP contribution in [0.25, 0.3) is 10.9 Å². The number of carbonyl (C=O) groups excluding carboxylic acids is 1.